The fourth-order valence-corrected chi connectivity index (χ4v) is 8.24. The minimum atomic E-state index is -3.36. The minimum absolute atomic E-state index is 0.321. The lowest BCUT2D eigenvalue weighted by molar-refractivity contribution is 0.0314. The summed E-state index contributed by atoms with van der Waals surface area (Å²) in [6.45, 7) is 8.83. The largest absolute Gasteiger partial charge is 0.371 e. The van der Waals surface area contributed by atoms with Crippen LogP contribution in [0.25, 0.3) is 0 Å². The molecule has 0 N–H and O–H groups in total. The van der Waals surface area contributed by atoms with Crippen LogP contribution in [0.1, 0.15) is 65.2 Å². The lowest BCUT2D eigenvalue weighted by Crippen LogP contribution is -2.49. The molecule has 0 aromatic carbocycles. The molecular weight excluding hydrogens is 464 g/mol. The highest BCUT2D eigenvalue weighted by molar-refractivity contribution is 9.11. The maximum Gasteiger partial charge on any atom is 0.220 e. The molecule has 3 saturated heterocycles. The van der Waals surface area contributed by atoms with Gasteiger partial charge in [0.05, 0.1) is 17.5 Å². The van der Waals surface area contributed by atoms with Crippen LogP contribution < -0.4 is 0 Å². The van der Waals surface area contributed by atoms with E-state index in [4.69, 9.17) is 4.74 Å². The van der Waals surface area contributed by atoms with Crippen molar-refractivity contribution in [1.29, 1.82) is 0 Å². The number of hydrogen-bond donors (Lipinski definition) is 0. The van der Waals surface area contributed by atoms with Crippen molar-refractivity contribution in [1.82, 2.24) is 9.21 Å². The van der Waals surface area contributed by atoms with E-state index >= 15 is 0 Å². The van der Waals surface area contributed by atoms with Crippen molar-refractivity contribution in [3.63, 3.8) is 0 Å². The SMILES string of the molecule is CC1CCCN(C2CCN(S(=O)(=O)C3/C=C(Br)\C=C4\CCOC4(C)CC3)CC2)CC1. The highest BCUT2D eigenvalue weighted by Gasteiger charge is 2.40. The number of ether oxygens (including phenoxy) is 1. The Morgan fingerprint density at radius 2 is 1.87 bits per heavy atom. The van der Waals surface area contributed by atoms with Crippen LogP contribution in [0.4, 0.5) is 0 Å². The van der Waals surface area contributed by atoms with Crippen molar-refractivity contribution < 1.29 is 13.2 Å². The van der Waals surface area contributed by atoms with Gasteiger partial charge in [-0.25, -0.2) is 12.7 Å². The Bertz CT molecular complexity index is 788. The molecule has 7 heteroatoms. The van der Waals surface area contributed by atoms with E-state index in [2.05, 4.69) is 40.8 Å². The van der Waals surface area contributed by atoms with E-state index in [1.165, 1.54) is 37.9 Å². The average Bonchev–Trinajstić information content (AvgIpc) is 2.92. The molecule has 0 spiro atoms. The van der Waals surface area contributed by atoms with Gasteiger partial charge in [-0.3, -0.25) is 0 Å². The second-order valence-electron chi connectivity index (χ2n) is 9.87. The third-order valence-electron chi connectivity index (χ3n) is 7.77. The summed E-state index contributed by atoms with van der Waals surface area (Å²) in [4.78, 5) is 2.63. The third kappa shape index (κ3) is 4.90. The Balaban J connectivity index is 1.41. The number of rotatable bonds is 3. The second kappa shape index (κ2) is 9.34. The smallest absolute Gasteiger partial charge is 0.220 e. The van der Waals surface area contributed by atoms with Crippen molar-refractivity contribution in [2.75, 3.05) is 32.8 Å². The van der Waals surface area contributed by atoms with E-state index in [1.807, 2.05) is 6.08 Å². The van der Waals surface area contributed by atoms with Gasteiger partial charge in [0.1, 0.15) is 0 Å². The van der Waals surface area contributed by atoms with E-state index in [1.54, 1.807) is 4.31 Å². The first-order valence-electron chi connectivity index (χ1n) is 11.7. The molecule has 3 atom stereocenters. The molecule has 0 amide bonds. The quantitative estimate of drug-likeness (QED) is 0.574. The van der Waals surface area contributed by atoms with Gasteiger partial charge in [-0.2, -0.15) is 0 Å². The predicted octanol–water partition coefficient (Wildman–Crippen LogP) is 4.45. The molecule has 4 rings (SSSR count). The molecule has 1 aliphatic carbocycles. The fraction of sp³-hybridized carbons (Fsp3) is 0.826. The molecule has 3 unspecified atom stereocenters. The zero-order chi connectivity index (χ0) is 21.4. The maximum absolute atomic E-state index is 13.5. The maximum atomic E-state index is 13.5. The van der Waals surface area contributed by atoms with Gasteiger partial charge in [0.2, 0.25) is 10.0 Å². The molecule has 3 fully saturated rings. The summed E-state index contributed by atoms with van der Waals surface area (Å²) >= 11 is 3.60. The highest BCUT2D eigenvalue weighted by atomic mass is 79.9. The van der Waals surface area contributed by atoms with Crippen molar-refractivity contribution in [2.45, 2.75) is 82.1 Å². The van der Waals surface area contributed by atoms with E-state index in [0.29, 0.717) is 25.6 Å². The van der Waals surface area contributed by atoms with Crippen LogP contribution in [0.5, 0.6) is 0 Å². The standard InChI is InChI=1S/C23H37BrN2O3S/c1-18-4-3-11-25(12-6-18)21-7-13-26(14-8-21)30(27,28)22-5-10-23(2)19(9-15-29-23)16-20(24)17-22/h16-18,21-22H,3-15H2,1-2H3/b19-16-,20-17+. The zero-order valence-corrected chi connectivity index (χ0v) is 20.9. The van der Waals surface area contributed by atoms with Gasteiger partial charge in [0, 0.05) is 23.6 Å². The number of allylic oxidation sites excluding steroid dienone is 2. The number of sulfonamides is 1. The van der Waals surface area contributed by atoms with Crippen LogP contribution >= 0.6 is 15.9 Å². The van der Waals surface area contributed by atoms with Gasteiger partial charge >= 0.3 is 0 Å². The summed E-state index contributed by atoms with van der Waals surface area (Å²) in [5.74, 6) is 0.820. The monoisotopic (exact) mass is 500 g/mol. The second-order valence-corrected chi connectivity index (χ2v) is 12.9. The van der Waals surface area contributed by atoms with Gasteiger partial charge < -0.3 is 9.64 Å². The molecule has 3 heterocycles. The van der Waals surface area contributed by atoms with Crippen molar-refractivity contribution >= 4 is 26.0 Å². The first kappa shape index (κ1) is 23.0. The highest BCUT2D eigenvalue weighted by Crippen LogP contribution is 2.40. The number of likely N-dealkylation sites (tertiary alicyclic amines) is 1. The summed E-state index contributed by atoms with van der Waals surface area (Å²) in [6, 6.07) is 0.539. The normalized spacial score (nSPS) is 39.2. The summed E-state index contributed by atoms with van der Waals surface area (Å²) < 4.78 is 35.7. The van der Waals surface area contributed by atoms with Crippen LogP contribution in [-0.2, 0) is 14.8 Å². The average molecular weight is 502 g/mol. The molecular formula is C23H37BrN2O3S. The Morgan fingerprint density at radius 1 is 1.10 bits per heavy atom. The van der Waals surface area contributed by atoms with Crippen LogP contribution in [0.15, 0.2) is 22.2 Å². The summed E-state index contributed by atoms with van der Waals surface area (Å²) in [5.41, 5.74) is 0.951. The first-order chi connectivity index (χ1) is 14.3. The number of halogens is 1. The molecule has 3 aliphatic heterocycles. The zero-order valence-electron chi connectivity index (χ0n) is 18.5. The van der Waals surface area contributed by atoms with Crippen LogP contribution in [-0.4, -0.2) is 67.3 Å². The molecule has 0 aromatic heterocycles. The fourth-order valence-electron chi connectivity index (χ4n) is 5.63. The lowest BCUT2D eigenvalue weighted by atomic mass is 9.88. The molecule has 5 nitrogen and oxygen atoms in total. The topological polar surface area (TPSA) is 49.9 Å². The Kier molecular flexibility index (Phi) is 7.15. The van der Waals surface area contributed by atoms with Gasteiger partial charge in [-0.1, -0.05) is 28.9 Å². The number of piperidine rings is 1. The van der Waals surface area contributed by atoms with Crippen molar-refractivity contribution in [2.24, 2.45) is 5.92 Å². The molecule has 0 saturated carbocycles. The summed E-state index contributed by atoms with van der Waals surface area (Å²) in [6.07, 6.45) is 12.1. The Morgan fingerprint density at radius 3 is 2.63 bits per heavy atom. The molecule has 0 radical (unpaired) electrons. The lowest BCUT2D eigenvalue weighted by Gasteiger charge is -2.39. The molecule has 170 valence electrons. The predicted molar refractivity (Wildman–Crippen MR) is 125 cm³/mol. The van der Waals surface area contributed by atoms with E-state index < -0.39 is 15.3 Å². The van der Waals surface area contributed by atoms with E-state index in [0.717, 1.165) is 42.7 Å². The van der Waals surface area contributed by atoms with Gasteiger partial charge in [-0.05, 0) is 88.9 Å². The van der Waals surface area contributed by atoms with Gasteiger partial charge in [0.15, 0.2) is 0 Å². The number of nitrogens with zero attached hydrogens (tertiary/aromatic N) is 2. The van der Waals surface area contributed by atoms with Crippen LogP contribution in [0, 0.1) is 5.92 Å². The van der Waals surface area contributed by atoms with E-state index in [9.17, 15) is 8.42 Å². The van der Waals surface area contributed by atoms with Crippen molar-refractivity contribution in [3.05, 3.63) is 22.2 Å². The van der Waals surface area contributed by atoms with Gasteiger partial charge in [0.25, 0.3) is 0 Å². The van der Waals surface area contributed by atoms with Crippen LogP contribution in [0.3, 0.4) is 0 Å². The Labute approximate surface area is 191 Å². The molecule has 30 heavy (non-hydrogen) atoms. The summed E-state index contributed by atoms with van der Waals surface area (Å²) in [7, 11) is -3.36. The molecule has 0 aromatic rings. The Hall–Kier alpha value is -0.210. The number of hydrogen-bond acceptors (Lipinski definition) is 4. The summed E-state index contributed by atoms with van der Waals surface area (Å²) in [5, 5.41) is -0.485. The number of fused-ring (bicyclic) bond motifs is 1. The van der Waals surface area contributed by atoms with Gasteiger partial charge in [-0.15, -0.1) is 0 Å². The minimum Gasteiger partial charge on any atom is -0.371 e. The van der Waals surface area contributed by atoms with Crippen LogP contribution in [0.2, 0.25) is 0 Å². The third-order valence-corrected chi connectivity index (χ3v) is 10.5. The molecule has 0 bridgehead atoms. The van der Waals surface area contributed by atoms with E-state index in [-0.39, 0.29) is 5.60 Å². The molecule has 4 aliphatic rings. The van der Waals surface area contributed by atoms with Crippen molar-refractivity contribution in [3.8, 4) is 0 Å². The first-order valence-corrected chi connectivity index (χ1v) is 14.0.